The Labute approximate surface area is 82.5 Å². The van der Waals surface area contributed by atoms with Gasteiger partial charge in [0.2, 0.25) is 0 Å². The van der Waals surface area contributed by atoms with E-state index in [1.165, 1.54) is 0 Å². The Balaban J connectivity index is 2.70. The van der Waals surface area contributed by atoms with Crippen LogP contribution in [0.15, 0.2) is 10.5 Å². The fourth-order valence-electron chi connectivity index (χ4n) is 1.68. The van der Waals surface area contributed by atoms with Crippen LogP contribution in [0, 0.1) is 11.6 Å². The van der Waals surface area contributed by atoms with Gasteiger partial charge in [-0.15, -0.1) is 0 Å². The zero-order chi connectivity index (χ0) is 9.59. The number of rotatable bonds is 0. The topological polar surface area (TPSA) is 20.2 Å². The fourth-order valence-corrected chi connectivity index (χ4v) is 2.29. The Kier molecular flexibility index (Phi) is 2.12. The largest absolute Gasteiger partial charge is 0.388 e. The van der Waals surface area contributed by atoms with Crippen molar-refractivity contribution in [3.8, 4) is 0 Å². The summed E-state index contributed by atoms with van der Waals surface area (Å²) in [6.45, 7) is 0. The van der Waals surface area contributed by atoms with Crippen LogP contribution in [-0.4, -0.2) is 5.11 Å². The van der Waals surface area contributed by atoms with Crippen molar-refractivity contribution in [2.24, 2.45) is 0 Å². The molecule has 0 aromatic heterocycles. The van der Waals surface area contributed by atoms with Crippen LogP contribution in [0.25, 0.3) is 0 Å². The first-order valence-electron chi connectivity index (χ1n) is 3.95. The number of aliphatic hydroxyl groups is 1. The molecule has 0 radical (unpaired) electrons. The standard InChI is InChI=1S/C9H7BrF2O/c10-5-3-6(11)9(12)8-4(5)1-2-7(8)13/h3,7,13H,1-2H2/t7-/m0/s1. The molecule has 2 rings (SSSR count). The van der Waals surface area contributed by atoms with Crippen molar-refractivity contribution < 1.29 is 13.9 Å². The van der Waals surface area contributed by atoms with Gasteiger partial charge in [-0.2, -0.15) is 0 Å². The van der Waals surface area contributed by atoms with Crippen molar-refractivity contribution >= 4 is 15.9 Å². The lowest BCUT2D eigenvalue weighted by molar-refractivity contribution is 0.174. The molecule has 1 aromatic carbocycles. The molecule has 4 heteroatoms. The second-order valence-electron chi connectivity index (χ2n) is 3.10. The Morgan fingerprint density at radius 1 is 1.46 bits per heavy atom. The first-order valence-corrected chi connectivity index (χ1v) is 4.75. The van der Waals surface area contributed by atoms with E-state index in [1.807, 2.05) is 0 Å². The van der Waals surface area contributed by atoms with E-state index in [4.69, 9.17) is 0 Å². The molecule has 0 bridgehead atoms. The van der Waals surface area contributed by atoms with E-state index in [-0.39, 0.29) is 5.56 Å². The number of fused-ring (bicyclic) bond motifs is 1. The smallest absolute Gasteiger partial charge is 0.164 e. The Bertz CT molecular complexity index is 365. The molecule has 0 fully saturated rings. The van der Waals surface area contributed by atoms with Gasteiger partial charge in [-0.05, 0) is 24.5 Å². The average Bonchev–Trinajstić information content (AvgIpc) is 2.44. The van der Waals surface area contributed by atoms with Crippen LogP contribution >= 0.6 is 15.9 Å². The van der Waals surface area contributed by atoms with Gasteiger partial charge in [-0.25, -0.2) is 8.78 Å². The molecule has 1 aliphatic rings. The molecule has 1 atom stereocenters. The molecule has 0 aliphatic heterocycles. The number of hydrogen-bond donors (Lipinski definition) is 1. The molecule has 1 aromatic rings. The molecule has 0 saturated carbocycles. The highest BCUT2D eigenvalue weighted by Crippen LogP contribution is 2.38. The van der Waals surface area contributed by atoms with Crippen molar-refractivity contribution in [1.29, 1.82) is 0 Å². The lowest BCUT2D eigenvalue weighted by atomic mass is 10.1. The van der Waals surface area contributed by atoms with Crippen LogP contribution in [0.2, 0.25) is 0 Å². The lowest BCUT2D eigenvalue weighted by Gasteiger charge is -2.07. The van der Waals surface area contributed by atoms with Crippen LogP contribution in [0.3, 0.4) is 0 Å². The zero-order valence-corrected chi connectivity index (χ0v) is 8.24. The molecule has 0 saturated heterocycles. The Morgan fingerprint density at radius 2 is 2.15 bits per heavy atom. The average molecular weight is 249 g/mol. The first-order chi connectivity index (χ1) is 6.11. The highest BCUT2D eigenvalue weighted by Gasteiger charge is 2.28. The van der Waals surface area contributed by atoms with Gasteiger partial charge >= 0.3 is 0 Å². The van der Waals surface area contributed by atoms with Gasteiger partial charge in [-0.1, -0.05) is 15.9 Å². The lowest BCUT2D eigenvalue weighted by Crippen LogP contribution is -1.99. The molecule has 0 unspecified atom stereocenters. The summed E-state index contributed by atoms with van der Waals surface area (Å²) in [4.78, 5) is 0. The Morgan fingerprint density at radius 3 is 2.85 bits per heavy atom. The Hall–Kier alpha value is -0.480. The van der Waals surface area contributed by atoms with Gasteiger partial charge in [0, 0.05) is 10.0 Å². The maximum atomic E-state index is 13.2. The van der Waals surface area contributed by atoms with E-state index in [0.717, 1.165) is 6.07 Å². The summed E-state index contributed by atoms with van der Waals surface area (Å²) < 4.78 is 26.6. The van der Waals surface area contributed by atoms with Gasteiger partial charge in [0.05, 0.1) is 6.10 Å². The van der Waals surface area contributed by atoms with E-state index in [0.29, 0.717) is 22.9 Å². The van der Waals surface area contributed by atoms with Crippen molar-refractivity contribution in [3.05, 3.63) is 33.3 Å². The summed E-state index contributed by atoms with van der Waals surface area (Å²) >= 11 is 3.14. The third-order valence-electron chi connectivity index (χ3n) is 2.31. The predicted molar refractivity (Wildman–Crippen MR) is 47.3 cm³/mol. The van der Waals surface area contributed by atoms with Gasteiger partial charge in [-0.3, -0.25) is 0 Å². The maximum Gasteiger partial charge on any atom is 0.164 e. The van der Waals surface area contributed by atoms with Crippen LogP contribution in [0.4, 0.5) is 8.78 Å². The summed E-state index contributed by atoms with van der Waals surface area (Å²) in [6, 6.07) is 1.10. The molecule has 1 aliphatic carbocycles. The molecular weight excluding hydrogens is 242 g/mol. The van der Waals surface area contributed by atoms with E-state index < -0.39 is 17.7 Å². The summed E-state index contributed by atoms with van der Waals surface area (Å²) in [6.07, 6.45) is 0.199. The highest BCUT2D eigenvalue weighted by atomic mass is 79.9. The molecular formula is C9H7BrF2O. The van der Waals surface area contributed by atoms with Crippen LogP contribution < -0.4 is 0 Å². The normalized spacial score (nSPS) is 20.5. The van der Waals surface area contributed by atoms with Crippen LogP contribution in [-0.2, 0) is 6.42 Å². The second kappa shape index (κ2) is 3.03. The van der Waals surface area contributed by atoms with Gasteiger partial charge in [0.1, 0.15) is 0 Å². The molecule has 0 amide bonds. The fraction of sp³-hybridized carbons (Fsp3) is 0.333. The van der Waals surface area contributed by atoms with E-state index in [2.05, 4.69) is 15.9 Å². The number of halogens is 3. The van der Waals surface area contributed by atoms with Crippen molar-refractivity contribution in [1.82, 2.24) is 0 Å². The molecule has 13 heavy (non-hydrogen) atoms. The number of hydrogen-bond acceptors (Lipinski definition) is 1. The van der Waals surface area contributed by atoms with E-state index >= 15 is 0 Å². The van der Waals surface area contributed by atoms with Gasteiger partial charge in [0.15, 0.2) is 11.6 Å². The minimum atomic E-state index is -0.914. The third-order valence-corrected chi connectivity index (χ3v) is 3.02. The number of aliphatic hydroxyl groups excluding tert-OH is 1. The van der Waals surface area contributed by atoms with Crippen LogP contribution in [0.5, 0.6) is 0 Å². The SMILES string of the molecule is O[C@H]1CCc2c(Br)cc(F)c(F)c21. The van der Waals surface area contributed by atoms with Crippen molar-refractivity contribution in [2.45, 2.75) is 18.9 Å². The minimum absolute atomic E-state index is 0.117. The summed E-state index contributed by atoms with van der Waals surface area (Å²) in [5.74, 6) is -1.82. The highest BCUT2D eigenvalue weighted by molar-refractivity contribution is 9.10. The monoisotopic (exact) mass is 248 g/mol. The van der Waals surface area contributed by atoms with Crippen molar-refractivity contribution in [2.75, 3.05) is 0 Å². The number of benzene rings is 1. The summed E-state index contributed by atoms with van der Waals surface area (Å²) in [5, 5.41) is 9.38. The van der Waals surface area contributed by atoms with Gasteiger partial charge in [0.25, 0.3) is 0 Å². The van der Waals surface area contributed by atoms with E-state index in [1.54, 1.807) is 0 Å². The molecule has 0 spiro atoms. The quantitative estimate of drug-likeness (QED) is 0.701. The first kappa shape index (κ1) is 9.09. The third kappa shape index (κ3) is 1.28. The molecule has 1 N–H and O–H groups in total. The second-order valence-corrected chi connectivity index (χ2v) is 3.96. The molecule has 0 heterocycles. The summed E-state index contributed by atoms with van der Waals surface area (Å²) in [7, 11) is 0. The zero-order valence-electron chi connectivity index (χ0n) is 6.65. The predicted octanol–water partition coefficient (Wildman–Crippen LogP) is 2.71. The van der Waals surface area contributed by atoms with Crippen LogP contribution in [0.1, 0.15) is 23.7 Å². The minimum Gasteiger partial charge on any atom is -0.388 e. The van der Waals surface area contributed by atoms with Crippen molar-refractivity contribution in [3.63, 3.8) is 0 Å². The summed E-state index contributed by atoms with van der Waals surface area (Å²) in [5.41, 5.74) is 0.804. The van der Waals surface area contributed by atoms with Gasteiger partial charge < -0.3 is 5.11 Å². The molecule has 70 valence electrons. The van der Waals surface area contributed by atoms with E-state index in [9.17, 15) is 13.9 Å². The molecule has 1 nitrogen and oxygen atoms in total. The maximum absolute atomic E-state index is 13.2.